The van der Waals surface area contributed by atoms with E-state index in [2.05, 4.69) is 4.79 Å². The first kappa shape index (κ1) is 12.6. The van der Waals surface area contributed by atoms with Gasteiger partial charge in [-0.05, 0) is 6.92 Å². The summed E-state index contributed by atoms with van der Waals surface area (Å²) < 4.78 is 38.2. The van der Waals surface area contributed by atoms with E-state index in [4.69, 9.17) is 5.53 Å². The first-order valence-electron chi connectivity index (χ1n) is 4.51. The van der Waals surface area contributed by atoms with Crippen LogP contribution < -0.4 is 0 Å². The highest BCUT2D eigenvalue weighted by molar-refractivity contribution is 6.65. The van der Waals surface area contributed by atoms with Gasteiger partial charge in [0.25, 0.3) is 5.78 Å². The Balaban J connectivity index is 3.27. The van der Waals surface area contributed by atoms with Gasteiger partial charge in [0.15, 0.2) is 0 Å². The summed E-state index contributed by atoms with van der Waals surface area (Å²) in [4.78, 5) is 25.1. The molecule has 4 nitrogen and oxygen atoms in total. The molecule has 2 atom stereocenters. The SMILES string of the molecule is C[C@H]1C(=O)C(=[N+]=[N-])C(=O)C[C@]1(C)C(F)(F)F. The summed E-state index contributed by atoms with van der Waals surface area (Å²) in [5.74, 6) is -3.58. The average molecular weight is 234 g/mol. The van der Waals surface area contributed by atoms with Gasteiger partial charge in [0.1, 0.15) is 0 Å². The molecule has 88 valence electrons. The highest BCUT2D eigenvalue weighted by atomic mass is 19.4. The van der Waals surface area contributed by atoms with E-state index in [-0.39, 0.29) is 0 Å². The maximum absolute atomic E-state index is 12.7. The van der Waals surface area contributed by atoms with E-state index >= 15 is 0 Å². The number of halogens is 3. The zero-order valence-corrected chi connectivity index (χ0v) is 8.63. The van der Waals surface area contributed by atoms with Crippen molar-refractivity contribution < 1.29 is 27.6 Å². The van der Waals surface area contributed by atoms with Gasteiger partial charge >= 0.3 is 11.9 Å². The van der Waals surface area contributed by atoms with Crippen molar-refractivity contribution in [1.29, 1.82) is 0 Å². The average Bonchev–Trinajstić information content (AvgIpc) is 2.13. The molecule has 0 unspecified atom stereocenters. The quantitative estimate of drug-likeness (QED) is 0.469. The number of alkyl halides is 3. The molecule has 1 rings (SSSR count). The standard InChI is InChI=1S/C9H9F3N2O2/c1-4-7(16)6(14-13)5(15)3-8(4,2)9(10,11)12/h4H,3H2,1-2H3/t4-,8-/m0/s1. The molecule has 0 N–H and O–H groups in total. The van der Waals surface area contributed by atoms with Crippen molar-refractivity contribution in [3.8, 4) is 0 Å². The molecule has 0 radical (unpaired) electrons. The fourth-order valence-electron chi connectivity index (χ4n) is 1.65. The molecule has 16 heavy (non-hydrogen) atoms. The van der Waals surface area contributed by atoms with Crippen molar-refractivity contribution in [2.24, 2.45) is 11.3 Å². The van der Waals surface area contributed by atoms with E-state index in [1.807, 2.05) is 0 Å². The second-order valence-corrected chi connectivity index (χ2v) is 4.05. The normalized spacial score (nSPS) is 31.6. The predicted molar refractivity (Wildman–Crippen MR) is 46.6 cm³/mol. The van der Waals surface area contributed by atoms with Crippen molar-refractivity contribution in [3.05, 3.63) is 5.53 Å². The molecule has 0 aliphatic heterocycles. The fraction of sp³-hybridized carbons (Fsp3) is 0.667. The smallest absolute Gasteiger partial charge is 0.360 e. The Morgan fingerprint density at radius 2 is 1.94 bits per heavy atom. The Hall–Kier alpha value is -1.49. The number of carbonyl (C=O) groups excluding carboxylic acids is 2. The van der Waals surface area contributed by atoms with E-state index in [1.54, 1.807) is 0 Å². The van der Waals surface area contributed by atoms with E-state index in [0.29, 0.717) is 0 Å². The minimum Gasteiger partial charge on any atom is -0.360 e. The Labute approximate surface area is 89.1 Å². The van der Waals surface area contributed by atoms with Crippen molar-refractivity contribution in [3.63, 3.8) is 0 Å². The Morgan fingerprint density at radius 3 is 2.31 bits per heavy atom. The van der Waals surface area contributed by atoms with Crippen LogP contribution in [0.5, 0.6) is 0 Å². The largest absolute Gasteiger partial charge is 0.400 e. The first-order chi connectivity index (χ1) is 7.15. The third-order valence-corrected chi connectivity index (χ3v) is 3.12. The Bertz CT molecular complexity index is 409. The molecular formula is C9H9F3N2O2. The fourth-order valence-corrected chi connectivity index (χ4v) is 1.65. The van der Waals surface area contributed by atoms with Crippen LogP contribution in [-0.4, -0.2) is 28.2 Å². The Morgan fingerprint density at radius 1 is 1.44 bits per heavy atom. The van der Waals surface area contributed by atoms with Crippen LogP contribution in [0.3, 0.4) is 0 Å². The second-order valence-electron chi connectivity index (χ2n) is 4.05. The lowest BCUT2D eigenvalue weighted by molar-refractivity contribution is -0.235. The molecular weight excluding hydrogens is 225 g/mol. The second kappa shape index (κ2) is 3.52. The first-order valence-corrected chi connectivity index (χ1v) is 4.51. The van der Waals surface area contributed by atoms with E-state index in [0.717, 1.165) is 13.8 Å². The predicted octanol–water partition coefficient (Wildman–Crippen LogP) is 1.40. The van der Waals surface area contributed by atoms with Crippen LogP contribution in [-0.2, 0) is 9.59 Å². The number of rotatable bonds is 0. The van der Waals surface area contributed by atoms with Gasteiger partial charge in [0, 0.05) is 12.3 Å². The topological polar surface area (TPSA) is 70.5 Å². The van der Waals surface area contributed by atoms with Crippen molar-refractivity contribution in [2.45, 2.75) is 26.4 Å². The lowest BCUT2D eigenvalue weighted by Crippen LogP contribution is -2.53. The molecule has 0 aromatic heterocycles. The van der Waals surface area contributed by atoms with Gasteiger partial charge < -0.3 is 5.53 Å². The van der Waals surface area contributed by atoms with Crippen LogP contribution in [0.25, 0.3) is 5.53 Å². The summed E-state index contributed by atoms with van der Waals surface area (Å²) in [6, 6.07) is 0. The van der Waals surface area contributed by atoms with Gasteiger partial charge in [-0.3, -0.25) is 9.59 Å². The number of hydrogen-bond donors (Lipinski definition) is 0. The molecule has 1 aliphatic rings. The molecule has 0 bridgehead atoms. The molecule has 7 heteroatoms. The molecule has 0 spiro atoms. The molecule has 0 aromatic carbocycles. The van der Waals surface area contributed by atoms with Gasteiger partial charge in [-0.25, -0.2) is 0 Å². The molecule has 1 aliphatic carbocycles. The lowest BCUT2D eigenvalue weighted by Gasteiger charge is -2.37. The summed E-state index contributed by atoms with van der Waals surface area (Å²) in [5, 5.41) is 0. The summed E-state index contributed by atoms with van der Waals surface area (Å²) in [6.07, 6.45) is -5.53. The van der Waals surface area contributed by atoms with Gasteiger partial charge in [-0.1, -0.05) is 6.92 Å². The zero-order chi connectivity index (χ0) is 12.7. The van der Waals surface area contributed by atoms with Crippen molar-refractivity contribution in [2.75, 3.05) is 0 Å². The zero-order valence-electron chi connectivity index (χ0n) is 8.63. The van der Waals surface area contributed by atoms with E-state index in [1.165, 1.54) is 0 Å². The van der Waals surface area contributed by atoms with Crippen LogP contribution in [0.2, 0.25) is 0 Å². The molecule has 0 saturated heterocycles. The van der Waals surface area contributed by atoms with Crippen LogP contribution >= 0.6 is 0 Å². The molecule has 1 saturated carbocycles. The highest BCUT2D eigenvalue weighted by Crippen LogP contribution is 2.49. The van der Waals surface area contributed by atoms with Crippen LogP contribution in [0.15, 0.2) is 0 Å². The number of nitrogens with zero attached hydrogens (tertiary/aromatic N) is 2. The number of Topliss-reactive ketones (excluding diaryl/α,β-unsaturated/α-hetero) is 2. The molecule has 1 fully saturated rings. The minimum atomic E-state index is -4.65. The third kappa shape index (κ3) is 1.57. The number of ketones is 2. The van der Waals surface area contributed by atoms with Gasteiger partial charge in [0.05, 0.1) is 5.41 Å². The van der Waals surface area contributed by atoms with Gasteiger partial charge in [-0.15, -0.1) is 0 Å². The molecule has 0 heterocycles. The monoisotopic (exact) mass is 234 g/mol. The Kier molecular flexibility index (Phi) is 2.77. The number of carbonyl (C=O) groups is 2. The van der Waals surface area contributed by atoms with Crippen LogP contribution in [0, 0.1) is 11.3 Å². The molecule has 0 aromatic rings. The van der Waals surface area contributed by atoms with Gasteiger partial charge in [-0.2, -0.15) is 18.0 Å². The van der Waals surface area contributed by atoms with Gasteiger partial charge in [0.2, 0.25) is 5.78 Å². The van der Waals surface area contributed by atoms with Crippen molar-refractivity contribution in [1.82, 2.24) is 0 Å². The van der Waals surface area contributed by atoms with Crippen molar-refractivity contribution >= 4 is 17.3 Å². The third-order valence-electron chi connectivity index (χ3n) is 3.12. The maximum atomic E-state index is 12.7. The highest BCUT2D eigenvalue weighted by Gasteiger charge is 2.63. The summed E-state index contributed by atoms with van der Waals surface area (Å²) in [7, 11) is 0. The van der Waals surface area contributed by atoms with Crippen LogP contribution in [0.1, 0.15) is 20.3 Å². The van der Waals surface area contributed by atoms with Crippen LogP contribution in [0.4, 0.5) is 13.2 Å². The molecule has 0 amide bonds. The lowest BCUT2D eigenvalue weighted by atomic mass is 9.66. The van der Waals surface area contributed by atoms with E-state index < -0.39 is 41.2 Å². The minimum absolute atomic E-state index is 0.797. The van der Waals surface area contributed by atoms with E-state index in [9.17, 15) is 22.8 Å². The number of hydrogen-bond acceptors (Lipinski definition) is 2. The maximum Gasteiger partial charge on any atom is 0.400 e. The summed E-state index contributed by atoms with van der Waals surface area (Å²) in [6.45, 7) is 1.90. The summed E-state index contributed by atoms with van der Waals surface area (Å²) in [5.41, 5.74) is 5.20. The summed E-state index contributed by atoms with van der Waals surface area (Å²) >= 11 is 0.